The van der Waals surface area contributed by atoms with Crippen LogP contribution in [0.1, 0.15) is 12.8 Å². The second-order valence-electron chi connectivity index (χ2n) is 3.93. The zero-order valence-corrected chi connectivity index (χ0v) is 6.71. The molecule has 0 aromatic carbocycles. The Bertz CT molecular complexity index is 189. The molecule has 1 aliphatic carbocycles. The van der Waals surface area contributed by atoms with E-state index in [1.807, 2.05) is 4.81 Å². The number of carbonyl (C=O) groups excluding carboxylic acids is 1. The van der Waals surface area contributed by atoms with Crippen LogP contribution in [-0.4, -0.2) is 35.8 Å². The van der Waals surface area contributed by atoms with Gasteiger partial charge < -0.3 is 9.83 Å². The third-order valence-corrected chi connectivity index (χ3v) is 2.75. The zero-order valence-electron chi connectivity index (χ0n) is 6.71. The summed E-state index contributed by atoms with van der Waals surface area (Å²) in [6, 6.07) is 0. The van der Waals surface area contributed by atoms with Crippen LogP contribution < -0.4 is 0 Å². The highest BCUT2D eigenvalue weighted by Gasteiger charge is 2.53. The van der Waals surface area contributed by atoms with E-state index in [9.17, 15) is 4.79 Å². The van der Waals surface area contributed by atoms with Crippen LogP contribution >= 0.6 is 0 Å². The van der Waals surface area contributed by atoms with Crippen molar-refractivity contribution in [1.82, 2.24) is 4.81 Å². The summed E-state index contributed by atoms with van der Waals surface area (Å²) >= 11 is 0. The maximum atomic E-state index is 10.7. The highest BCUT2D eigenvalue weighted by atomic mass is 16.2. The lowest BCUT2D eigenvalue weighted by molar-refractivity contribution is -0.140. The number of hydrogen-bond donors (Lipinski definition) is 1. The number of ketones is 1. The van der Waals surface area contributed by atoms with E-state index in [0.717, 1.165) is 25.9 Å². The molecule has 2 aliphatic rings. The van der Waals surface area contributed by atoms with E-state index in [1.165, 1.54) is 0 Å². The molecule has 0 bridgehead atoms. The van der Waals surface area contributed by atoms with Crippen LogP contribution in [0.5, 0.6) is 0 Å². The molecule has 3 nitrogen and oxygen atoms in total. The Balaban J connectivity index is 1.84. The molecule has 11 heavy (non-hydrogen) atoms. The summed E-state index contributed by atoms with van der Waals surface area (Å²) in [6.45, 7) is 3.60. The fourth-order valence-corrected chi connectivity index (χ4v) is 2.09. The van der Waals surface area contributed by atoms with Gasteiger partial charge in [-0.2, -0.15) is 0 Å². The average molecular weight is 153 g/mol. The van der Waals surface area contributed by atoms with E-state index in [-0.39, 0.29) is 12.5 Å². The summed E-state index contributed by atoms with van der Waals surface area (Å²) < 4.78 is 0. The fourth-order valence-electron chi connectivity index (χ4n) is 2.09. The number of hydrogen-bond acceptors (Lipinski definition) is 3. The molecule has 0 radical (unpaired) electrons. The Morgan fingerprint density at radius 3 is 2.45 bits per heavy atom. The lowest BCUT2D eigenvalue weighted by Crippen LogP contribution is -2.65. The molecular formula is C7H12BNO2. The smallest absolute Gasteiger partial charge is 0.376 e. The summed E-state index contributed by atoms with van der Waals surface area (Å²) in [5.74, 6) is 0.384. The summed E-state index contributed by atoms with van der Waals surface area (Å²) in [5.41, 5.74) is 0.286. The molecule has 1 spiro atoms. The van der Waals surface area contributed by atoms with Crippen molar-refractivity contribution >= 4 is 12.8 Å². The second kappa shape index (κ2) is 2.08. The lowest BCUT2D eigenvalue weighted by atomic mass is 9.59. The summed E-state index contributed by atoms with van der Waals surface area (Å²) in [5, 5.41) is 9.13. The molecular weight excluding hydrogens is 141 g/mol. The highest BCUT2D eigenvalue weighted by Crippen LogP contribution is 2.45. The van der Waals surface area contributed by atoms with Gasteiger partial charge in [0.15, 0.2) is 0 Å². The van der Waals surface area contributed by atoms with Crippen molar-refractivity contribution in [3.8, 4) is 0 Å². The summed E-state index contributed by atoms with van der Waals surface area (Å²) in [7, 11) is -0.337. The van der Waals surface area contributed by atoms with Crippen LogP contribution in [0.3, 0.4) is 0 Å². The van der Waals surface area contributed by atoms with Crippen molar-refractivity contribution in [1.29, 1.82) is 0 Å². The lowest BCUT2D eigenvalue weighted by Gasteiger charge is -2.55. The predicted octanol–water partition coefficient (Wildman–Crippen LogP) is -0.238. The number of rotatable bonds is 1. The average Bonchev–Trinajstić information content (AvgIpc) is 1.73. The molecule has 2 fully saturated rings. The third kappa shape index (κ3) is 1.01. The molecule has 0 aromatic heterocycles. The van der Waals surface area contributed by atoms with Crippen LogP contribution in [0.2, 0.25) is 6.82 Å². The maximum Gasteiger partial charge on any atom is 0.376 e. The van der Waals surface area contributed by atoms with Gasteiger partial charge in [0.25, 0.3) is 0 Å². The first-order valence-corrected chi connectivity index (χ1v) is 4.05. The van der Waals surface area contributed by atoms with Gasteiger partial charge >= 0.3 is 7.05 Å². The van der Waals surface area contributed by atoms with E-state index in [1.54, 1.807) is 6.82 Å². The summed E-state index contributed by atoms with van der Waals surface area (Å²) in [6.07, 6.45) is 1.49. The van der Waals surface area contributed by atoms with Crippen molar-refractivity contribution in [3.63, 3.8) is 0 Å². The number of carbonyl (C=O) groups is 1. The maximum absolute atomic E-state index is 10.7. The largest absolute Gasteiger partial charge is 0.437 e. The molecule has 0 atom stereocenters. The highest BCUT2D eigenvalue weighted by molar-refractivity contribution is 6.45. The van der Waals surface area contributed by atoms with Crippen molar-refractivity contribution < 1.29 is 9.82 Å². The molecule has 4 heteroatoms. The monoisotopic (exact) mass is 153 g/mol. The minimum atomic E-state index is -0.337. The first-order valence-electron chi connectivity index (χ1n) is 4.05. The number of nitrogens with zero attached hydrogens (tertiary/aromatic N) is 1. The van der Waals surface area contributed by atoms with Gasteiger partial charge in [0.1, 0.15) is 5.78 Å². The Hall–Kier alpha value is -0.345. The second-order valence-corrected chi connectivity index (χ2v) is 3.93. The van der Waals surface area contributed by atoms with Gasteiger partial charge in [0.2, 0.25) is 0 Å². The topological polar surface area (TPSA) is 40.5 Å². The Morgan fingerprint density at radius 1 is 1.55 bits per heavy atom. The van der Waals surface area contributed by atoms with Gasteiger partial charge in [-0.05, 0) is 19.9 Å². The van der Waals surface area contributed by atoms with Crippen LogP contribution in [0.4, 0.5) is 0 Å². The van der Waals surface area contributed by atoms with E-state index in [0.29, 0.717) is 5.78 Å². The molecule has 1 heterocycles. The van der Waals surface area contributed by atoms with Gasteiger partial charge in [-0.25, -0.2) is 0 Å². The third-order valence-electron chi connectivity index (χ3n) is 2.75. The predicted molar refractivity (Wildman–Crippen MR) is 42.1 cm³/mol. The van der Waals surface area contributed by atoms with Crippen molar-refractivity contribution in [2.45, 2.75) is 19.7 Å². The molecule has 0 unspecified atom stereocenters. The summed E-state index contributed by atoms with van der Waals surface area (Å²) in [4.78, 5) is 12.7. The Labute approximate surface area is 66.5 Å². The van der Waals surface area contributed by atoms with E-state index in [4.69, 9.17) is 5.02 Å². The molecule has 1 N–H and O–H groups in total. The van der Waals surface area contributed by atoms with Crippen molar-refractivity contribution in [2.24, 2.45) is 5.41 Å². The van der Waals surface area contributed by atoms with Crippen LogP contribution in [-0.2, 0) is 4.79 Å². The molecule has 0 amide bonds. The van der Waals surface area contributed by atoms with Crippen molar-refractivity contribution in [3.05, 3.63) is 0 Å². The standard InChI is InChI=1S/C7H12BNO2/c1-8(11)9-4-7(5-9)2-6(10)3-7/h11H,2-5H2,1H3. The Kier molecular flexibility index (Phi) is 1.38. The molecule has 60 valence electrons. The van der Waals surface area contributed by atoms with Crippen molar-refractivity contribution in [2.75, 3.05) is 13.1 Å². The molecule has 1 saturated heterocycles. The fraction of sp³-hybridized carbons (Fsp3) is 0.857. The van der Waals surface area contributed by atoms with Crippen LogP contribution in [0, 0.1) is 5.41 Å². The zero-order chi connectivity index (χ0) is 8.06. The molecule has 0 aromatic rings. The Morgan fingerprint density at radius 2 is 2.09 bits per heavy atom. The van der Waals surface area contributed by atoms with Gasteiger partial charge in [-0.15, -0.1) is 0 Å². The molecule has 1 aliphatic heterocycles. The minimum absolute atomic E-state index is 0.286. The first kappa shape index (κ1) is 7.31. The minimum Gasteiger partial charge on any atom is -0.437 e. The van der Waals surface area contributed by atoms with E-state index < -0.39 is 0 Å². The number of Topliss-reactive ketones (excluding diaryl/α,β-unsaturated/α-hetero) is 1. The van der Waals surface area contributed by atoms with Gasteiger partial charge in [0.05, 0.1) is 0 Å². The van der Waals surface area contributed by atoms with Gasteiger partial charge in [0, 0.05) is 18.3 Å². The van der Waals surface area contributed by atoms with E-state index >= 15 is 0 Å². The quantitative estimate of drug-likeness (QED) is 0.528. The van der Waals surface area contributed by atoms with E-state index in [2.05, 4.69) is 0 Å². The van der Waals surface area contributed by atoms with Crippen LogP contribution in [0.25, 0.3) is 0 Å². The SMILES string of the molecule is CB(O)N1CC2(CC(=O)C2)C1. The van der Waals surface area contributed by atoms with Gasteiger partial charge in [-0.3, -0.25) is 4.79 Å². The normalized spacial score (nSPS) is 28.0. The van der Waals surface area contributed by atoms with Gasteiger partial charge in [-0.1, -0.05) is 0 Å². The molecule has 2 rings (SSSR count). The molecule has 1 saturated carbocycles. The van der Waals surface area contributed by atoms with Crippen LogP contribution in [0.15, 0.2) is 0 Å². The first-order chi connectivity index (χ1) is 5.11.